The fraction of sp³-hybridized carbons (Fsp3) is 0.208. The summed E-state index contributed by atoms with van der Waals surface area (Å²) in [6, 6.07) is 18.8. The molecule has 3 aromatic carbocycles. The van der Waals surface area contributed by atoms with E-state index in [-0.39, 0.29) is 16.5 Å². The SMILES string of the molecule is CC(C)[C@H](NC(=O)c1ccccc1Cl)C(=O)OCC(=O)Nc1cccc2ccccc12. The average molecular weight is 439 g/mol. The summed E-state index contributed by atoms with van der Waals surface area (Å²) in [4.78, 5) is 37.4. The number of fused-ring (bicyclic) bond motifs is 1. The number of anilines is 1. The molecule has 7 heteroatoms. The van der Waals surface area contributed by atoms with Crippen molar-refractivity contribution in [2.75, 3.05) is 11.9 Å². The van der Waals surface area contributed by atoms with Gasteiger partial charge < -0.3 is 15.4 Å². The van der Waals surface area contributed by atoms with Gasteiger partial charge in [0.05, 0.1) is 10.6 Å². The monoisotopic (exact) mass is 438 g/mol. The van der Waals surface area contributed by atoms with Crippen molar-refractivity contribution in [3.63, 3.8) is 0 Å². The summed E-state index contributed by atoms with van der Waals surface area (Å²) in [7, 11) is 0. The lowest BCUT2D eigenvalue weighted by atomic mass is 10.0. The van der Waals surface area contributed by atoms with E-state index in [2.05, 4.69) is 10.6 Å². The number of halogens is 1. The van der Waals surface area contributed by atoms with Crippen LogP contribution >= 0.6 is 11.6 Å². The highest BCUT2D eigenvalue weighted by Crippen LogP contribution is 2.23. The number of benzene rings is 3. The third-order valence-electron chi connectivity index (χ3n) is 4.73. The maximum Gasteiger partial charge on any atom is 0.329 e. The van der Waals surface area contributed by atoms with Gasteiger partial charge in [-0.25, -0.2) is 4.79 Å². The Bertz CT molecular complexity index is 1110. The number of carbonyl (C=O) groups excluding carboxylic acids is 3. The molecule has 160 valence electrons. The van der Waals surface area contributed by atoms with Crippen molar-refractivity contribution in [1.29, 1.82) is 0 Å². The molecular formula is C24H23ClN2O4. The molecule has 0 aliphatic heterocycles. The summed E-state index contributed by atoms with van der Waals surface area (Å²) < 4.78 is 5.18. The standard InChI is InChI=1S/C24H23ClN2O4/c1-15(2)22(27-23(29)18-11-5-6-12-19(18)25)24(30)31-14-21(28)26-20-13-7-9-16-8-3-4-10-17(16)20/h3-13,15,22H,14H2,1-2H3,(H,26,28)(H,27,29)/t22-/m0/s1. The zero-order valence-corrected chi connectivity index (χ0v) is 18.0. The van der Waals surface area contributed by atoms with Crippen LogP contribution < -0.4 is 10.6 Å². The topological polar surface area (TPSA) is 84.5 Å². The predicted octanol–water partition coefficient (Wildman–Crippen LogP) is 4.43. The molecule has 3 rings (SSSR count). The molecule has 6 nitrogen and oxygen atoms in total. The van der Waals surface area contributed by atoms with E-state index in [9.17, 15) is 14.4 Å². The van der Waals surface area contributed by atoms with E-state index >= 15 is 0 Å². The van der Waals surface area contributed by atoms with E-state index in [1.54, 1.807) is 44.2 Å². The first-order valence-electron chi connectivity index (χ1n) is 9.86. The van der Waals surface area contributed by atoms with Crippen molar-refractivity contribution in [3.05, 3.63) is 77.3 Å². The summed E-state index contributed by atoms with van der Waals surface area (Å²) in [5.74, 6) is -1.89. The first-order chi connectivity index (χ1) is 14.9. The molecule has 0 bridgehead atoms. The van der Waals surface area contributed by atoms with E-state index < -0.39 is 30.4 Å². The number of hydrogen-bond acceptors (Lipinski definition) is 4. The molecule has 2 amide bonds. The minimum atomic E-state index is -0.922. The molecule has 0 aliphatic carbocycles. The van der Waals surface area contributed by atoms with Crippen LogP contribution in [0.25, 0.3) is 10.8 Å². The molecule has 1 atom stereocenters. The molecule has 0 saturated heterocycles. The number of nitrogens with one attached hydrogen (secondary N) is 2. The number of hydrogen-bond donors (Lipinski definition) is 2. The second-order valence-electron chi connectivity index (χ2n) is 7.36. The normalized spacial score (nSPS) is 11.7. The molecule has 2 N–H and O–H groups in total. The van der Waals surface area contributed by atoms with E-state index in [1.807, 2.05) is 36.4 Å². The Morgan fingerprint density at radius 1 is 0.935 bits per heavy atom. The molecule has 3 aromatic rings. The molecule has 0 fully saturated rings. The second kappa shape index (κ2) is 10.1. The van der Waals surface area contributed by atoms with Crippen molar-refractivity contribution in [2.45, 2.75) is 19.9 Å². The van der Waals surface area contributed by atoms with Crippen molar-refractivity contribution in [3.8, 4) is 0 Å². The van der Waals surface area contributed by atoms with Gasteiger partial charge >= 0.3 is 5.97 Å². The lowest BCUT2D eigenvalue weighted by Crippen LogP contribution is -2.46. The van der Waals surface area contributed by atoms with E-state index in [1.165, 1.54) is 0 Å². The Balaban J connectivity index is 1.61. The second-order valence-corrected chi connectivity index (χ2v) is 7.76. The maximum atomic E-state index is 12.6. The molecule has 31 heavy (non-hydrogen) atoms. The summed E-state index contributed by atoms with van der Waals surface area (Å²) in [6.45, 7) is 3.08. The van der Waals surface area contributed by atoms with E-state index in [0.29, 0.717) is 5.69 Å². The van der Waals surface area contributed by atoms with Crippen molar-refractivity contribution < 1.29 is 19.1 Å². The van der Waals surface area contributed by atoms with Gasteiger partial charge in [0, 0.05) is 11.1 Å². The third kappa shape index (κ3) is 5.61. The molecular weight excluding hydrogens is 416 g/mol. The summed E-state index contributed by atoms with van der Waals surface area (Å²) in [6.07, 6.45) is 0. The molecule has 0 aliphatic rings. The molecule has 0 spiro atoms. The van der Waals surface area contributed by atoms with Crippen LogP contribution in [-0.4, -0.2) is 30.4 Å². The van der Waals surface area contributed by atoms with Gasteiger partial charge in [-0.15, -0.1) is 0 Å². The fourth-order valence-corrected chi connectivity index (χ4v) is 3.33. The number of rotatable bonds is 7. The summed E-state index contributed by atoms with van der Waals surface area (Å²) in [5.41, 5.74) is 0.892. The lowest BCUT2D eigenvalue weighted by molar-refractivity contribution is -0.150. The highest BCUT2D eigenvalue weighted by molar-refractivity contribution is 6.33. The molecule has 0 heterocycles. The number of ether oxygens (including phenoxy) is 1. The number of esters is 1. The zero-order valence-electron chi connectivity index (χ0n) is 17.2. The Morgan fingerprint density at radius 2 is 1.61 bits per heavy atom. The van der Waals surface area contributed by atoms with Gasteiger partial charge in [0.15, 0.2) is 6.61 Å². The molecule has 0 aromatic heterocycles. The third-order valence-corrected chi connectivity index (χ3v) is 5.06. The lowest BCUT2D eigenvalue weighted by Gasteiger charge is -2.21. The summed E-state index contributed by atoms with van der Waals surface area (Å²) >= 11 is 6.05. The Kier molecular flexibility index (Phi) is 7.26. The van der Waals surface area contributed by atoms with Gasteiger partial charge in [0.2, 0.25) is 0 Å². The van der Waals surface area contributed by atoms with E-state index in [0.717, 1.165) is 10.8 Å². The van der Waals surface area contributed by atoms with Crippen LogP contribution in [0, 0.1) is 5.92 Å². The van der Waals surface area contributed by atoms with Gasteiger partial charge in [-0.3, -0.25) is 9.59 Å². The Hall–Kier alpha value is -3.38. The number of amides is 2. The average Bonchev–Trinajstić information content (AvgIpc) is 2.76. The quantitative estimate of drug-likeness (QED) is 0.534. The van der Waals surface area contributed by atoms with Gasteiger partial charge in [-0.05, 0) is 29.5 Å². The van der Waals surface area contributed by atoms with Crippen LogP contribution in [0.4, 0.5) is 5.69 Å². The fourth-order valence-electron chi connectivity index (χ4n) is 3.11. The minimum absolute atomic E-state index is 0.250. The predicted molar refractivity (Wildman–Crippen MR) is 121 cm³/mol. The van der Waals surface area contributed by atoms with Crippen molar-refractivity contribution >= 4 is 45.8 Å². The van der Waals surface area contributed by atoms with Crippen LogP contribution in [0.3, 0.4) is 0 Å². The molecule has 0 radical (unpaired) electrons. The van der Waals surface area contributed by atoms with Gasteiger partial charge in [0.25, 0.3) is 11.8 Å². The highest BCUT2D eigenvalue weighted by Gasteiger charge is 2.27. The van der Waals surface area contributed by atoms with Crippen LogP contribution in [0.2, 0.25) is 5.02 Å². The van der Waals surface area contributed by atoms with Gasteiger partial charge in [-0.1, -0.05) is 74.0 Å². The van der Waals surface area contributed by atoms with Crippen molar-refractivity contribution in [2.24, 2.45) is 5.92 Å². The van der Waals surface area contributed by atoms with Crippen LogP contribution in [0.15, 0.2) is 66.7 Å². The van der Waals surface area contributed by atoms with Crippen molar-refractivity contribution in [1.82, 2.24) is 5.32 Å². The minimum Gasteiger partial charge on any atom is -0.454 e. The van der Waals surface area contributed by atoms with Crippen LogP contribution in [0.5, 0.6) is 0 Å². The van der Waals surface area contributed by atoms with Crippen LogP contribution in [-0.2, 0) is 14.3 Å². The smallest absolute Gasteiger partial charge is 0.329 e. The van der Waals surface area contributed by atoms with Crippen LogP contribution in [0.1, 0.15) is 24.2 Å². The zero-order chi connectivity index (χ0) is 22.4. The molecule has 0 saturated carbocycles. The first-order valence-corrected chi connectivity index (χ1v) is 10.2. The van der Waals surface area contributed by atoms with Gasteiger partial charge in [0.1, 0.15) is 6.04 Å². The number of carbonyl (C=O) groups is 3. The molecule has 0 unspecified atom stereocenters. The first kappa shape index (κ1) is 22.3. The van der Waals surface area contributed by atoms with E-state index in [4.69, 9.17) is 16.3 Å². The Labute approximate surface area is 185 Å². The Morgan fingerprint density at radius 3 is 2.35 bits per heavy atom. The van der Waals surface area contributed by atoms with Gasteiger partial charge in [-0.2, -0.15) is 0 Å². The summed E-state index contributed by atoms with van der Waals surface area (Å²) in [5, 5.41) is 7.56. The largest absolute Gasteiger partial charge is 0.454 e. The highest BCUT2D eigenvalue weighted by atomic mass is 35.5. The maximum absolute atomic E-state index is 12.6.